The van der Waals surface area contributed by atoms with E-state index in [1.54, 1.807) is 18.2 Å². The summed E-state index contributed by atoms with van der Waals surface area (Å²) in [6.07, 6.45) is 0. The Bertz CT molecular complexity index is 923. The third-order valence-corrected chi connectivity index (χ3v) is 3.61. The first-order valence-electron chi connectivity index (χ1n) is 7.09. The SMILES string of the molecule is COc1ccc(-c2nc3cccc(=O)c-3c(OC)n2OC)c(F)c1. The zero-order valence-electron chi connectivity index (χ0n) is 13.4. The largest absolute Gasteiger partial charge is 0.497 e. The molecule has 1 aromatic carbocycles. The van der Waals surface area contributed by atoms with E-state index in [-0.39, 0.29) is 28.3 Å². The maximum atomic E-state index is 14.5. The van der Waals surface area contributed by atoms with Crippen molar-refractivity contribution in [2.24, 2.45) is 0 Å². The molecule has 3 rings (SSSR count). The van der Waals surface area contributed by atoms with E-state index in [2.05, 4.69) is 4.98 Å². The lowest BCUT2D eigenvalue weighted by molar-refractivity contribution is 0.138. The van der Waals surface area contributed by atoms with Gasteiger partial charge in [-0.1, -0.05) is 6.07 Å². The number of hydrogen-bond donors (Lipinski definition) is 0. The Labute approximate surface area is 137 Å². The summed E-state index contributed by atoms with van der Waals surface area (Å²) in [7, 11) is 4.25. The van der Waals surface area contributed by atoms with Crippen molar-refractivity contribution < 1.29 is 18.7 Å². The number of hydrogen-bond acceptors (Lipinski definition) is 5. The molecule has 0 spiro atoms. The van der Waals surface area contributed by atoms with Gasteiger partial charge in [0.25, 0.3) is 0 Å². The van der Waals surface area contributed by atoms with Crippen LogP contribution in [0.3, 0.4) is 0 Å². The first kappa shape index (κ1) is 15.8. The third kappa shape index (κ3) is 2.44. The molecule has 6 nitrogen and oxygen atoms in total. The minimum absolute atomic E-state index is 0.151. The van der Waals surface area contributed by atoms with Gasteiger partial charge in [-0.2, -0.15) is 0 Å². The van der Waals surface area contributed by atoms with Crippen molar-refractivity contribution in [2.45, 2.75) is 0 Å². The van der Waals surface area contributed by atoms with Gasteiger partial charge in [0.05, 0.1) is 25.5 Å². The number of benzene rings is 2. The fourth-order valence-electron chi connectivity index (χ4n) is 2.51. The van der Waals surface area contributed by atoms with E-state index in [1.807, 2.05) is 0 Å². The molecule has 1 heterocycles. The maximum absolute atomic E-state index is 14.5. The van der Waals surface area contributed by atoms with Crippen molar-refractivity contribution in [3.8, 4) is 34.3 Å². The van der Waals surface area contributed by atoms with Crippen LogP contribution < -0.4 is 19.7 Å². The quantitative estimate of drug-likeness (QED) is 0.734. The second-order valence-corrected chi connectivity index (χ2v) is 4.92. The highest BCUT2D eigenvalue weighted by Crippen LogP contribution is 2.33. The monoisotopic (exact) mass is 330 g/mol. The highest BCUT2D eigenvalue weighted by atomic mass is 19.1. The van der Waals surface area contributed by atoms with Crippen LogP contribution in [0.2, 0.25) is 0 Å². The minimum atomic E-state index is -0.535. The number of rotatable bonds is 4. The summed E-state index contributed by atoms with van der Waals surface area (Å²) in [5, 5.41) is 0. The van der Waals surface area contributed by atoms with E-state index in [1.165, 1.54) is 44.3 Å². The number of nitrogens with zero attached hydrogens (tertiary/aromatic N) is 2. The predicted octanol–water partition coefficient (Wildman–Crippen LogP) is 2.23. The molecule has 0 bridgehead atoms. The van der Waals surface area contributed by atoms with E-state index in [0.717, 1.165) is 0 Å². The molecule has 1 aromatic rings. The fraction of sp³-hybridized carbons (Fsp3) is 0.176. The van der Waals surface area contributed by atoms with Crippen molar-refractivity contribution in [3.63, 3.8) is 0 Å². The summed E-state index contributed by atoms with van der Waals surface area (Å²) in [6, 6.07) is 9.03. The first-order valence-corrected chi connectivity index (χ1v) is 7.09. The van der Waals surface area contributed by atoms with Crippen LogP contribution in [-0.4, -0.2) is 31.0 Å². The fourth-order valence-corrected chi connectivity index (χ4v) is 2.51. The molecule has 0 amide bonds. The molecule has 0 saturated carbocycles. The Morgan fingerprint density at radius 1 is 1.08 bits per heavy atom. The predicted molar refractivity (Wildman–Crippen MR) is 86.1 cm³/mol. The van der Waals surface area contributed by atoms with Crippen molar-refractivity contribution in [1.82, 2.24) is 9.71 Å². The van der Waals surface area contributed by atoms with Crippen molar-refractivity contribution in [3.05, 3.63) is 52.4 Å². The van der Waals surface area contributed by atoms with E-state index in [0.29, 0.717) is 11.4 Å². The first-order chi connectivity index (χ1) is 11.6. The zero-order valence-corrected chi connectivity index (χ0v) is 13.4. The van der Waals surface area contributed by atoms with Crippen LogP contribution in [0.4, 0.5) is 4.39 Å². The van der Waals surface area contributed by atoms with Crippen molar-refractivity contribution in [1.29, 1.82) is 0 Å². The lowest BCUT2D eigenvalue weighted by Gasteiger charge is -2.19. The minimum Gasteiger partial charge on any atom is -0.497 e. The van der Waals surface area contributed by atoms with Gasteiger partial charge < -0.3 is 14.3 Å². The molecular formula is C17H15FN2O4. The molecule has 0 aromatic heterocycles. The molecule has 0 unspecified atom stereocenters. The van der Waals surface area contributed by atoms with Gasteiger partial charge in [0.2, 0.25) is 5.88 Å². The third-order valence-electron chi connectivity index (χ3n) is 3.61. The maximum Gasteiger partial charge on any atom is 0.243 e. The summed E-state index contributed by atoms with van der Waals surface area (Å²) in [4.78, 5) is 21.8. The van der Waals surface area contributed by atoms with Gasteiger partial charge in [0.15, 0.2) is 11.3 Å². The molecule has 124 valence electrons. The highest BCUT2D eigenvalue weighted by molar-refractivity contribution is 5.71. The van der Waals surface area contributed by atoms with Crippen LogP contribution in [0.15, 0.2) is 41.2 Å². The van der Waals surface area contributed by atoms with Crippen LogP contribution in [0, 0.1) is 5.82 Å². The number of halogens is 1. The lowest BCUT2D eigenvalue weighted by Crippen LogP contribution is -2.20. The smallest absolute Gasteiger partial charge is 0.243 e. The van der Waals surface area contributed by atoms with Crippen LogP contribution in [0.5, 0.6) is 11.6 Å². The second kappa shape index (κ2) is 6.19. The van der Waals surface area contributed by atoms with Gasteiger partial charge in [-0.15, -0.1) is 4.73 Å². The average molecular weight is 330 g/mol. The van der Waals surface area contributed by atoms with Crippen LogP contribution in [0.1, 0.15) is 0 Å². The second-order valence-electron chi connectivity index (χ2n) is 4.92. The topological polar surface area (TPSA) is 62.6 Å². The van der Waals surface area contributed by atoms with Gasteiger partial charge in [0.1, 0.15) is 24.2 Å². The van der Waals surface area contributed by atoms with Gasteiger partial charge in [-0.05, 0) is 24.3 Å². The Kier molecular flexibility index (Phi) is 4.07. The summed E-state index contributed by atoms with van der Waals surface area (Å²) < 4.78 is 26.0. The highest BCUT2D eigenvalue weighted by Gasteiger charge is 2.24. The normalized spacial score (nSPS) is 10.7. The number of aromatic nitrogens is 2. The Hall–Kier alpha value is -3.09. The number of fused-ring (bicyclic) bond motifs is 1. The molecule has 0 N–H and O–H groups in total. The van der Waals surface area contributed by atoms with E-state index < -0.39 is 5.82 Å². The summed E-state index contributed by atoms with van der Waals surface area (Å²) >= 11 is 0. The van der Waals surface area contributed by atoms with Crippen LogP contribution in [-0.2, 0) is 0 Å². The van der Waals surface area contributed by atoms with Gasteiger partial charge in [0, 0.05) is 6.07 Å². The molecule has 1 aliphatic carbocycles. The van der Waals surface area contributed by atoms with E-state index in [9.17, 15) is 9.18 Å². The lowest BCUT2D eigenvalue weighted by atomic mass is 10.1. The summed E-state index contributed by atoms with van der Waals surface area (Å²) in [6.45, 7) is 0. The average Bonchev–Trinajstić information content (AvgIpc) is 2.60. The molecule has 7 heteroatoms. The molecule has 2 aliphatic rings. The number of methoxy groups -OCH3 is 2. The molecule has 24 heavy (non-hydrogen) atoms. The Morgan fingerprint density at radius 2 is 1.88 bits per heavy atom. The van der Waals surface area contributed by atoms with Crippen LogP contribution >= 0.6 is 0 Å². The Morgan fingerprint density at radius 3 is 2.50 bits per heavy atom. The molecule has 0 fully saturated rings. The Balaban J connectivity index is 2.37. The molecule has 1 aliphatic heterocycles. The standard InChI is InChI=1S/C17H15FN2O4/c1-22-10-7-8-11(12(18)9-10)16-19-13-5-4-6-14(21)15(13)17(23-2)20(16)24-3/h4-9H,1-3H3. The molecule has 0 saturated heterocycles. The summed E-state index contributed by atoms with van der Waals surface area (Å²) in [5.74, 6) is 0.174. The van der Waals surface area contributed by atoms with Gasteiger partial charge in [-0.25, -0.2) is 9.37 Å². The van der Waals surface area contributed by atoms with Crippen molar-refractivity contribution in [2.75, 3.05) is 21.3 Å². The summed E-state index contributed by atoms with van der Waals surface area (Å²) in [5.41, 5.74) is 0.580. The number of ether oxygens (including phenoxy) is 2. The molecule has 0 atom stereocenters. The van der Waals surface area contributed by atoms with Gasteiger partial charge in [-0.3, -0.25) is 4.79 Å². The molecule has 0 radical (unpaired) electrons. The zero-order chi connectivity index (χ0) is 17.3. The van der Waals surface area contributed by atoms with E-state index >= 15 is 0 Å². The molecular weight excluding hydrogens is 315 g/mol. The van der Waals surface area contributed by atoms with Gasteiger partial charge >= 0.3 is 0 Å². The van der Waals surface area contributed by atoms with E-state index in [4.69, 9.17) is 14.3 Å². The van der Waals surface area contributed by atoms with Crippen LogP contribution in [0.25, 0.3) is 22.6 Å². The van der Waals surface area contributed by atoms with Crippen molar-refractivity contribution >= 4 is 0 Å².